The van der Waals surface area contributed by atoms with E-state index in [1.165, 1.54) is 44.1 Å². The number of fused-ring (bicyclic) bond motifs is 5. The first kappa shape index (κ1) is 32.3. The van der Waals surface area contributed by atoms with Crippen molar-refractivity contribution in [3.63, 3.8) is 0 Å². The van der Waals surface area contributed by atoms with E-state index in [0.717, 1.165) is 62.7 Å². The summed E-state index contributed by atoms with van der Waals surface area (Å²) in [6.07, 6.45) is 18.3. The van der Waals surface area contributed by atoms with Crippen LogP contribution < -0.4 is 0 Å². The second-order valence-corrected chi connectivity index (χ2v) is 15.3. The predicted octanol–water partition coefficient (Wildman–Crippen LogP) is 8.93. The van der Waals surface area contributed by atoms with Crippen LogP contribution in [0.15, 0.2) is 11.6 Å². The first-order chi connectivity index (χ1) is 19.5. The number of ketones is 1. The van der Waals surface area contributed by atoms with Crippen LogP contribution in [0.3, 0.4) is 0 Å². The normalized spacial score (nSPS) is 35.3. The fourth-order valence-corrected chi connectivity index (χ4v) is 9.81. The van der Waals surface area contributed by atoms with Crippen molar-refractivity contribution in [1.82, 2.24) is 0 Å². The van der Waals surface area contributed by atoms with E-state index in [1.54, 1.807) is 0 Å². The Bertz CT molecular complexity index is 967. The molecule has 0 amide bonds. The molecule has 3 saturated carbocycles. The Hall–Kier alpha value is -1.65. The third kappa shape index (κ3) is 7.29. The Morgan fingerprint density at radius 3 is 2.32 bits per heavy atom. The van der Waals surface area contributed by atoms with Crippen LogP contribution >= 0.6 is 0 Å². The number of hydrogen-bond acceptors (Lipinski definition) is 4. The molecule has 0 radical (unpaired) electrons. The zero-order chi connectivity index (χ0) is 29.8. The van der Waals surface area contributed by atoms with Gasteiger partial charge in [0.05, 0.1) is 0 Å². The molecular weight excluding hydrogens is 512 g/mol. The molecule has 0 aromatic heterocycles. The minimum Gasteiger partial charge on any atom is -0.481 e. The molecule has 4 aliphatic carbocycles. The highest BCUT2D eigenvalue weighted by Gasteiger charge is 2.61. The summed E-state index contributed by atoms with van der Waals surface area (Å²) >= 11 is 0. The number of carboxylic acid groups (broad SMARTS) is 1. The van der Waals surface area contributed by atoms with Crippen LogP contribution in [0.25, 0.3) is 0 Å². The molecule has 0 aromatic rings. The van der Waals surface area contributed by atoms with Gasteiger partial charge in [-0.1, -0.05) is 78.7 Å². The third-order valence-electron chi connectivity index (χ3n) is 12.2. The van der Waals surface area contributed by atoms with Gasteiger partial charge in [-0.25, -0.2) is 0 Å². The number of carboxylic acids is 1. The van der Waals surface area contributed by atoms with Crippen LogP contribution in [0, 0.1) is 46.3 Å². The van der Waals surface area contributed by atoms with Crippen molar-refractivity contribution in [2.75, 3.05) is 0 Å². The molecule has 232 valence electrons. The van der Waals surface area contributed by atoms with Crippen molar-refractivity contribution in [1.29, 1.82) is 0 Å². The van der Waals surface area contributed by atoms with E-state index in [-0.39, 0.29) is 29.8 Å². The van der Waals surface area contributed by atoms with Crippen molar-refractivity contribution in [3.05, 3.63) is 11.6 Å². The fourth-order valence-electron chi connectivity index (χ4n) is 9.81. The van der Waals surface area contributed by atoms with Crippen LogP contribution in [0.4, 0.5) is 0 Å². The van der Waals surface area contributed by atoms with Crippen LogP contribution in [0.2, 0.25) is 0 Å². The molecule has 0 aromatic carbocycles. The molecule has 3 unspecified atom stereocenters. The zero-order valence-corrected chi connectivity index (χ0v) is 26.7. The standard InChI is InChI=1S/C36H58O5/c1-24(2)12-11-13-25(3)28-16-17-29-34-30(19-21-36(28,29)5)35(4)20-18-27(22-26(35)23-31(34)37)41-33(40)15-10-8-6-7-9-14-32(38)39/h23-25,27-30,34H,6-22H2,1-5H3,(H,38,39)/t25-,27+,28-,29?,30?,34?,35+,36-/m1/s1. The summed E-state index contributed by atoms with van der Waals surface area (Å²) in [5.74, 6) is 2.87. The Morgan fingerprint density at radius 1 is 0.902 bits per heavy atom. The molecule has 0 bridgehead atoms. The van der Waals surface area contributed by atoms with E-state index in [9.17, 15) is 14.4 Å². The second-order valence-electron chi connectivity index (χ2n) is 15.3. The van der Waals surface area contributed by atoms with Crippen molar-refractivity contribution in [2.24, 2.45) is 46.3 Å². The molecule has 0 heterocycles. The molecule has 4 aliphatic rings. The number of carbonyl (C=O) groups is 3. The minimum absolute atomic E-state index is 0.0553. The lowest BCUT2D eigenvalue weighted by Gasteiger charge is -2.57. The summed E-state index contributed by atoms with van der Waals surface area (Å²) in [6.45, 7) is 12.1. The van der Waals surface area contributed by atoms with E-state index in [4.69, 9.17) is 9.84 Å². The molecule has 3 fully saturated rings. The zero-order valence-electron chi connectivity index (χ0n) is 26.7. The molecule has 41 heavy (non-hydrogen) atoms. The lowest BCUT2D eigenvalue weighted by atomic mass is 9.46. The average molecular weight is 571 g/mol. The third-order valence-corrected chi connectivity index (χ3v) is 12.2. The molecule has 1 N–H and O–H groups in total. The Labute approximate surface area is 249 Å². The van der Waals surface area contributed by atoms with Crippen LogP contribution in [-0.4, -0.2) is 28.9 Å². The summed E-state index contributed by atoms with van der Waals surface area (Å²) in [5.41, 5.74) is 1.59. The predicted molar refractivity (Wildman–Crippen MR) is 163 cm³/mol. The minimum atomic E-state index is -0.742. The van der Waals surface area contributed by atoms with Crippen molar-refractivity contribution in [3.8, 4) is 0 Å². The Morgan fingerprint density at radius 2 is 1.61 bits per heavy atom. The van der Waals surface area contributed by atoms with Crippen LogP contribution in [0.5, 0.6) is 0 Å². The molecule has 0 spiro atoms. The summed E-state index contributed by atoms with van der Waals surface area (Å²) in [4.78, 5) is 37.0. The monoisotopic (exact) mass is 570 g/mol. The molecule has 4 rings (SSSR count). The van der Waals surface area contributed by atoms with Crippen molar-refractivity contribution < 1.29 is 24.2 Å². The van der Waals surface area contributed by atoms with Gasteiger partial charge in [-0.2, -0.15) is 0 Å². The van der Waals surface area contributed by atoms with Gasteiger partial charge in [0.1, 0.15) is 6.10 Å². The SMILES string of the molecule is CC(C)CCC[C@@H](C)[C@H]1CCC2C3C(=O)C=C4C[C@@H](OC(=O)CCCCCCCC(=O)O)CC[C@]4(C)C3CC[C@@]21C. The highest BCUT2D eigenvalue weighted by molar-refractivity contribution is 5.94. The number of unbranched alkanes of at least 4 members (excludes halogenated alkanes) is 4. The van der Waals surface area contributed by atoms with Gasteiger partial charge in [-0.05, 0) is 97.9 Å². The van der Waals surface area contributed by atoms with Gasteiger partial charge in [0.15, 0.2) is 5.78 Å². The van der Waals surface area contributed by atoms with E-state index in [1.807, 2.05) is 6.08 Å². The van der Waals surface area contributed by atoms with Gasteiger partial charge in [-0.3, -0.25) is 14.4 Å². The summed E-state index contributed by atoms with van der Waals surface area (Å²) in [6, 6.07) is 0. The van der Waals surface area contributed by atoms with Gasteiger partial charge in [0.25, 0.3) is 0 Å². The first-order valence-corrected chi connectivity index (χ1v) is 17.1. The fraction of sp³-hybridized carbons (Fsp3) is 0.861. The number of hydrogen-bond donors (Lipinski definition) is 1. The number of allylic oxidation sites excluding steroid dienone is 1. The molecule has 8 atom stereocenters. The maximum Gasteiger partial charge on any atom is 0.306 e. The molecule has 5 nitrogen and oxygen atoms in total. The van der Waals surface area contributed by atoms with Gasteiger partial charge in [0, 0.05) is 25.2 Å². The largest absolute Gasteiger partial charge is 0.481 e. The van der Waals surface area contributed by atoms with Gasteiger partial charge in [-0.15, -0.1) is 0 Å². The molecule has 0 saturated heterocycles. The quantitative estimate of drug-likeness (QED) is 0.167. The summed E-state index contributed by atoms with van der Waals surface area (Å²) < 4.78 is 5.92. The summed E-state index contributed by atoms with van der Waals surface area (Å²) in [5, 5.41) is 8.73. The molecule has 5 heteroatoms. The maximum absolute atomic E-state index is 13.8. The van der Waals surface area contributed by atoms with Crippen molar-refractivity contribution in [2.45, 2.75) is 150 Å². The lowest BCUT2D eigenvalue weighted by molar-refractivity contribution is -0.152. The topological polar surface area (TPSA) is 80.7 Å². The van der Waals surface area contributed by atoms with E-state index in [0.29, 0.717) is 42.3 Å². The van der Waals surface area contributed by atoms with E-state index >= 15 is 0 Å². The van der Waals surface area contributed by atoms with Gasteiger partial charge in [0.2, 0.25) is 0 Å². The Kier molecular flexibility index (Phi) is 10.8. The summed E-state index contributed by atoms with van der Waals surface area (Å²) in [7, 11) is 0. The maximum atomic E-state index is 13.8. The first-order valence-electron chi connectivity index (χ1n) is 17.1. The average Bonchev–Trinajstić information content (AvgIpc) is 3.25. The molecular formula is C36H58O5. The van der Waals surface area contributed by atoms with Gasteiger partial charge < -0.3 is 9.84 Å². The van der Waals surface area contributed by atoms with E-state index in [2.05, 4.69) is 34.6 Å². The number of rotatable bonds is 14. The Balaban J connectivity index is 1.31. The van der Waals surface area contributed by atoms with Crippen LogP contribution in [0.1, 0.15) is 144 Å². The highest BCUT2D eigenvalue weighted by atomic mass is 16.5. The number of ether oxygens (including phenoxy) is 1. The second kappa shape index (κ2) is 13.8. The van der Waals surface area contributed by atoms with E-state index < -0.39 is 5.97 Å². The highest BCUT2D eigenvalue weighted by Crippen LogP contribution is 2.66. The number of carbonyl (C=O) groups excluding carboxylic acids is 2. The van der Waals surface area contributed by atoms with Crippen LogP contribution in [-0.2, 0) is 19.1 Å². The number of esters is 1. The lowest BCUT2D eigenvalue weighted by Crippen LogP contribution is -2.53. The molecule has 0 aliphatic heterocycles. The van der Waals surface area contributed by atoms with Gasteiger partial charge >= 0.3 is 11.9 Å². The smallest absolute Gasteiger partial charge is 0.306 e. The van der Waals surface area contributed by atoms with Crippen molar-refractivity contribution >= 4 is 17.7 Å². The number of aliphatic carboxylic acids is 1.